The summed E-state index contributed by atoms with van der Waals surface area (Å²) in [5, 5.41) is 9.79. The number of carboxylic acid groups (broad SMARTS) is 1. The van der Waals surface area contributed by atoms with E-state index < -0.39 is 35.0 Å². The van der Waals surface area contributed by atoms with Crippen LogP contribution in [0.5, 0.6) is 5.75 Å². The van der Waals surface area contributed by atoms with E-state index in [0.29, 0.717) is 35.6 Å². The molecule has 1 heterocycles. The van der Waals surface area contributed by atoms with Crippen LogP contribution in [0.15, 0.2) is 60.7 Å². The van der Waals surface area contributed by atoms with Gasteiger partial charge in [-0.3, -0.25) is 0 Å². The molecule has 0 saturated heterocycles. The Morgan fingerprint density at radius 2 is 1.55 bits per heavy atom. The maximum absolute atomic E-state index is 13.6. The van der Waals surface area contributed by atoms with E-state index in [1.165, 1.54) is 18.6 Å². The first-order valence-electron chi connectivity index (χ1n) is 11.3. The van der Waals surface area contributed by atoms with Gasteiger partial charge >= 0.3 is 18.3 Å². The molecule has 0 fully saturated rings. The Labute approximate surface area is 212 Å². The lowest BCUT2D eigenvalue weighted by atomic mass is 10.0. The van der Waals surface area contributed by atoms with Gasteiger partial charge in [0.2, 0.25) is 0 Å². The van der Waals surface area contributed by atoms with E-state index in [-0.39, 0.29) is 23.0 Å². The van der Waals surface area contributed by atoms with E-state index in [0.717, 1.165) is 22.8 Å². The number of carboxylic acids is 1. The average molecular weight is 531 g/mol. The van der Waals surface area contributed by atoms with Gasteiger partial charge in [-0.2, -0.15) is 26.3 Å². The highest BCUT2D eigenvalue weighted by Crippen LogP contribution is 2.47. The summed E-state index contributed by atoms with van der Waals surface area (Å²) in [6.07, 6.45) is -9.70. The first-order valence-corrected chi connectivity index (χ1v) is 11.3. The highest BCUT2D eigenvalue weighted by atomic mass is 19.4. The second kappa shape index (κ2) is 8.68. The highest BCUT2D eigenvalue weighted by Gasteiger charge is 2.38. The molecule has 0 atom stereocenters. The second-order valence-electron chi connectivity index (χ2n) is 8.94. The van der Waals surface area contributed by atoms with E-state index in [9.17, 15) is 36.2 Å². The van der Waals surface area contributed by atoms with Crippen molar-refractivity contribution in [2.45, 2.75) is 25.7 Å². The van der Waals surface area contributed by atoms with E-state index in [1.807, 2.05) is 24.3 Å². The molecule has 4 aromatic rings. The molecule has 38 heavy (non-hydrogen) atoms. The molecular formula is C28H19F6NO3. The molecule has 196 valence electrons. The Morgan fingerprint density at radius 3 is 2.13 bits per heavy atom. The predicted octanol–water partition coefficient (Wildman–Crippen LogP) is 7.77. The summed E-state index contributed by atoms with van der Waals surface area (Å²) in [5.74, 6) is -0.823. The number of rotatable bonds is 4. The summed E-state index contributed by atoms with van der Waals surface area (Å²) in [5.41, 5.74) is 0.121. The molecule has 1 aliphatic carbocycles. The van der Waals surface area contributed by atoms with E-state index in [1.54, 1.807) is 12.1 Å². The lowest BCUT2D eigenvalue weighted by Gasteiger charge is -2.19. The summed E-state index contributed by atoms with van der Waals surface area (Å²) < 4.78 is 88.7. The molecule has 0 amide bonds. The number of alkyl halides is 6. The Hall–Kier alpha value is -4.21. The number of carbonyl (C=O) groups is 1. The maximum atomic E-state index is 13.6. The molecule has 0 unspecified atom stereocenters. The summed E-state index contributed by atoms with van der Waals surface area (Å²) in [7, 11) is 1.49. The van der Waals surface area contributed by atoms with Crippen molar-refractivity contribution in [3.05, 3.63) is 94.2 Å². The fourth-order valence-corrected chi connectivity index (χ4v) is 5.03. The number of halogens is 6. The monoisotopic (exact) mass is 531 g/mol. The normalized spacial score (nSPS) is 12.8. The van der Waals surface area contributed by atoms with Crippen LogP contribution in [0.4, 0.5) is 26.3 Å². The summed E-state index contributed by atoms with van der Waals surface area (Å²) in [6, 6.07) is 13.1. The van der Waals surface area contributed by atoms with Gasteiger partial charge in [0, 0.05) is 17.7 Å². The number of fused-ring (bicyclic) bond motifs is 3. The van der Waals surface area contributed by atoms with Crippen LogP contribution in [0.25, 0.3) is 28.1 Å². The molecule has 10 heteroatoms. The number of ether oxygens (including phenoxy) is 1. The van der Waals surface area contributed by atoms with E-state index in [2.05, 4.69) is 0 Å². The van der Waals surface area contributed by atoms with Crippen LogP contribution in [-0.4, -0.2) is 22.8 Å². The van der Waals surface area contributed by atoms with Crippen molar-refractivity contribution in [3.8, 4) is 33.8 Å². The second-order valence-corrected chi connectivity index (χ2v) is 8.94. The molecule has 1 N–H and O–H groups in total. The van der Waals surface area contributed by atoms with Gasteiger partial charge in [-0.15, -0.1) is 0 Å². The number of hydrogen-bond donors (Lipinski definition) is 1. The zero-order valence-electron chi connectivity index (χ0n) is 20.0. The van der Waals surface area contributed by atoms with Crippen LogP contribution >= 0.6 is 0 Å². The quantitative estimate of drug-likeness (QED) is 0.241. The molecule has 4 nitrogen and oxygen atoms in total. The standard InChI is InChI=1S/C28H19F6NO3/c1-14-20(26(36)37)13-23(16-9-17(27(29,30)31)12-18(10-16)28(32,33)34)35(14)22-7-8-24(38-2)25-19-6-4-3-5-15(19)11-21(22)25/h3-10,12-13H,11H2,1-2H3,(H,36,37). The fourth-order valence-electron chi connectivity index (χ4n) is 5.03. The minimum Gasteiger partial charge on any atom is -0.496 e. The Morgan fingerprint density at radius 1 is 0.921 bits per heavy atom. The lowest BCUT2D eigenvalue weighted by Crippen LogP contribution is -2.12. The van der Waals surface area contributed by atoms with Crippen LogP contribution in [-0.2, 0) is 18.8 Å². The van der Waals surface area contributed by atoms with Gasteiger partial charge in [-0.25, -0.2) is 4.79 Å². The molecule has 0 spiro atoms. The summed E-state index contributed by atoms with van der Waals surface area (Å²) >= 11 is 0. The van der Waals surface area contributed by atoms with Crippen LogP contribution < -0.4 is 4.74 Å². The number of nitrogens with zero attached hydrogens (tertiary/aromatic N) is 1. The average Bonchev–Trinajstić information content (AvgIpc) is 3.41. The third-order valence-corrected chi connectivity index (χ3v) is 6.73. The molecule has 0 radical (unpaired) electrons. The van der Waals surface area contributed by atoms with Crippen molar-refractivity contribution in [1.82, 2.24) is 4.57 Å². The highest BCUT2D eigenvalue weighted by molar-refractivity contribution is 5.92. The van der Waals surface area contributed by atoms with Crippen molar-refractivity contribution in [1.29, 1.82) is 0 Å². The summed E-state index contributed by atoms with van der Waals surface area (Å²) in [4.78, 5) is 12.0. The number of methoxy groups -OCH3 is 1. The maximum Gasteiger partial charge on any atom is 0.416 e. The van der Waals surface area contributed by atoms with Crippen molar-refractivity contribution in [3.63, 3.8) is 0 Å². The number of aromatic nitrogens is 1. The molecule has 1 aromatic heterocycles. The SMILES string of the molecule is COc1ccc(-n2c(-c3cc(C(F)(F)F)cc(C(F)(F)F)c3)cc(C(=O)O)c2C)c2c1-c1ccccc1C2. The number of benzene rings is 3. The van der Waals surface area contributed by atoms with E-state index in [4.69, 9.17) is 4.74 Å². The summed E-state index contributed by atoms with van der Waals surface area (Å²) in [6.45, 7) is 1.46. The zero-order chi connectivity index (χ0) is 27.6. The fraction of sp³-hybridized carbons (Fsp3) is 0.179. The molecule has 0 bridgehead atoms. The van der Waals surface area contributed by atoms with Crippen LogP contribution in [0.2, 0.25) is 0 Å². The minimum absolute atomic E-state index is 0.0451. The first kappa shape index (κ1) is 25.4. The number of hydrogen-bond acceptors (Lipinski definition) is 2. The topological polar surface area (TPSA) is 51.5 Å². The van der Waals surface area contributed by atoms with E-state index >= 15 is 0 Å². The Balaban J connectivity index is 1.84. The van der Waals surface area contributed by atoms with Gasteiger partial charge in [0.25, 0.3) is 0 Å². The first-order chi connectivity index (χ1) is 17.8. The smallest absolute Gasteiger partial charge is 0.416 e. The van der Waals surface area contributed by atoms with Crippen LogP contribution in [0.3, 0.4) is 0 Å². The van der Waals surface area contributed by atoms with Crippen molar-refractivity contribution in [2.24, 2.45) is 0 Å². The number of aromatic carboxylic acids is 1. The largest absolute Gasteiger partial charge is 0.496 e. The van der Waals surface area contributed by atoms with Crippen molar-refractivity contribution < 1.29 is 41.0 Å². The van der Waals surface area contributed by atoms with Crippen LogP contribution in [0, 0.1) is 6.92 Å². The molecule has 0 saturated carbocycles. The van der Waals surface area contributed by atoms with Gasteiger partial charge in [0.15, 0.2) is 0 Å². The molecule has 1 aliphatic rings. The molecule has 0 aliphatic heterocycles. The lowest BCUT2D eigenvalue weighted by molar-refractivity contribution is -0.143. The van der Waals surface area contributed by atoms with Crippen molar-refractivity contribution in [2.75, 3.05) is 7.11 Å². The van der Waals surface area contributed by atoms with Gasteiger partial charge in [0.05, 0.1) is 35.2 Å². The Bertz CT molecular complexity index is 1570. The van der Waals surface area contributed by atoms with Gasteiger partial charge in [-0.05, 0) is 65.6 Å². The third-order valence-electron chi connectivity index (χ3n) is 6.73. The van der Waals surface area contributed by atoms with Gasteiger partial charge < -0.3 is 14.4 Å². The van der Waals surface area contributed by atoms with Crippen molar-refractivity contribution >= 4 is 5.97 Å². The predicted molar refractivity (Wildman–Crippen MR) is 128 cm³/mol. The molecule has 5 rings (SSSR count). The Kier molecular flexibility index (Phi) is 5.81. The third kappa shape index (κ3) is 4.09. The zero-order valence-corrected chi connectivity index (χ0v) is 20.0. The van der Waals surface area contributed by atoms with Gasteiger partial charge in [-0.1, -0.05) is 24.3 Å². The minimum atomic E-state index is -5.05. The molecule has 3 aromatic carbocycles. The molecular weight excluding hydrogens is 512 g/mol. The van der Waals surface area contributed by atoms with Crippen LogP contribution in [0.1, 0.15) is 38.3 Å². The van der Waals surface area contributed by atoms with Gasteiger partial charge in [0.1, 0.15) is 5.75 Å².